The summed E-state index contributed by atoms with van der Waals surface area (Å²) in [6, 6.07) is 10.1. The highest BCUT2D eigenvalue weighted by atomic mass is 79.9. The predicted molar refractivity (Wildman–Crippen MR) is 102 cm³/mol. The lowest BCUT2D eigenvalue weighted by atomic mass is 10.1. The Hall–Kier alpha value is -2.03. The van der Waals surface area contributed by atoms with Crippen molar-refractivity contribution >= 4 is 31.9 Å². The van der Waals surface area contributed by atoms with E-state index in [0.29, 0.717) is 15.6 Å². The molecule has 8 heteroatoms. The molecule has 0 aliphatic carbocycles. The molecule has 0 unspecified atom stereocenters. The average molecular weight is 441 g/mol. The van der Waals surface area contributed by atoms with E-state index in [1.54, 1.807) is 18.2 Å². The van der Waals surface area contributed by atoms with Crippen molar-refractivity contribution in [3.63, 3.8) is 0 Å². The van der Waals surface area contributed by atoms with E-state index in [1.165, 1.54) is 42.3 Å². The standard InChI is InChI=1S/C18H18BrFN2O3S/c1-3-10-22(12-14-11-15(19)6-9-17(14)20)18(23)13-4-7-16(8-5-13)26(24,25)21-2/h3-9,11,21H,1,10,12H2,2H3. The Balaban J connectivity index is 2.28. The molecule has 0 spiro atoms. The highest BCUT2D eigenvalue weighted by Crippen LogP contribution is 2.19. The number of carbonyl (C=O) groups excluding carboxylic acids is 1. The van der Waals surface area contributed by atoms with Crippen LogP contribution >= 0.6 is 15.9 Å². The molecule has 1 N–H and O–H groups in total. The van der Waals surface area contributed by atoms with Crippen LogP contribution in [0, 0.1) is 5.82 Å². The fourth-order valence-electron chi connectivity index (χ4n) is 2.32. The second-order valence-corrected chi connectivity index (χ2v) is 8.24. The van der Waals surface area contributed by atoms with Gasteiger partial charge in [-0.05, 0) is 49.5 Å². The summed E-state index contributed by atoms with van der Waals surface area (Å²) in [5, 5.41) is 0. The SMILES string of the molecule is C=CCN(Cc1cc(Br)ccc1F)C(=O)c1ccc(S(=O)(=O)NC)cc1. The van der Waals surface area contributed by atoms with Gasteiger partial charge >= 0.3 is 0 Å². The Morgan fingerprint density at radius 2 is 1.92 bits per heavy atom. The predicted octanol–water partition coefficient (Wildman–Crippen LogP) is 3.32. The minimum atomic E-state index is -3.58. The first-order valence-corrected chi connectivity index (χ1v) is 9.94. The lowest BCUT2D eigenvalue weighted by Crippen LogP contribution is -2.31. The quantitative estimate of drug-likeness (QED) is 0.671. The van der Waals surface area contributed by atoms with Crippen molar-refractivity contribution in [1.82, 2.24) is 9.62 Å². The van der Waals surface area contributed by atoms with E-state index in [0.717, 1.165) is 0 Å². The van der Waals surface area contributed by atoms with Crippen molar-refractivity contribution in [2.24, 2.45) is 0 Å². The number of hydrogen-bond acceptors (Lipinski definition) is 3. The van der Waals surface area contributed by atoms with Crippen LogP contribution in [0.25, 0.3) is 0 Å². The molecule has 138 valence electrons. The maximum atomic E-state index is 14.0. The topological polar surface area (TPSA) is 66.5 Å². The zero-order valence-electron chi connectivity index (χ0n) is 14.1. The van der Waals surface area contributed by atoms with E-state index < -0.39 is 15.8 Å². The smallest absolute Gasteiger partial charge is 0.254 e. The number of nitrogens with zero attached hydrogens (tertiary/aromatic N) is 1. The summed E-state index contributed by atoms with van der Waals surface area (Å²) in [7, 11) is -2.26. The summed E-state index contributed by atoms with van der Waals surface area (Å²) < 4.78 is 40.4. The summed E-state index contributed by atoms with van der Waals surface area (Å²) in [5.74, 6) is -0.761. The number of nitrogens with one attached hydrogen (secondary N) is 1. The number of rotatable bonds is 7. The van der Waals surface area contributed by atoms with Gasteiger partial charge in [0.05, 0.1) is 4.90 Å². The van der Waals surface area contributed by atoms with Crippen molar-refractivity contribution in [3.05, 3.63) is 76.5 Å². The van der Waals surface area contributed by atoms with Gasteiger partial charge in [0.1, 0.15) is 5.82 Å². The van der Waals surface area contributed by atoms with Gasteiger partial charge in [0, 0.05) is 28.7 Å². The van der Waals surface area contributed by atoms with Gasteiger partial charge < -0.3 is 4.90 Å². The van der Waals surface area contributed by atoms with Crippen molar-refractivity contribution in [2.75, 3.05) is 13.6 Å². The fourth-order valence-corrected chi connectivity index (χ4v) is 3.46. The van der Waals surface area contributed by atoms with Gasteiger partial charge in [-0.15, -0.1) is 6.58 Å². The summed E-state index contributed by atoms with van der Waals surface area (Å²) in [5.41, 5.74) is 0.668. The fraction of sp³-hybridized carbons (Fsp3) is 0.167. The van der Waals surface area contributed by atoms with Gasteiger partial charge in [-0.3, -0.25) is 4.79 Å². The zero-order valence-corrected chi connectivity index (χ0v) is 16.5. The number of amides is 1. The molecule has 0 saturated carbocycles. The van der Waals surface area contributed by atoms with Crippen molar-refractivity contribution in [1.29, 1.82) is 0 Å². The Labute approximate surface area is 160 Å². The molecule has 0 heterocycles. The van der Waals surface area contributed by atoms with E-state index in [4.69, 9.17) is 0 Å². The third-order valence-electron chi connectivity index (χ3n) is 3.69. The van der Waals surface area contributed by atoms with Crippen LogP contribution in [-0.2, 0) is 16.6 Å². The van der Waals surface area contributed by atoms with Crippen LogP contribution in [0.5, 0.6) is 0 Å². The van der Waals surface area contributed by atoms with Gasteiger partial charge in [-0.1, -0.05) is 22.0 Å². The second kappa shape index (κ2) is 8.57. The molecule has 0 bridgehead atoms. The molecule has 26 heavy (non-hydrogen) atoms. The van der Waals surface area contributed by atoms with Crippen LogP contribution in [0.15, 0.2) is 64.5 Å². The molecule has 0 aromatic heterocycles. The molecule has 5 nitrogen and oxygen atoms in total. The summed E-state index contributed by atoms with van der Waals surface area (Å²) in [6.45, 7) is 3.92. The van der Waals surface area contributed by atoms with Crippen LogP contribution in [0.1, 0.15) is 15.9 Å². The normalized spacial score (nSPS) is 11.2. The molecule has 0 saturated heterocycles. The third kappa shape index (κ3) is 4.78. The number of sulfonamides is 1. The van der Waals surface area contributed by atoms with Gasteiger partial charge in [0.15, 0.2) is 0 Å². The molecular weight excluding hydrogens is 423 g/mol. The van der Waals surface area contributed by atoms with Crippen LogP contribution in [-0.4, -0.2) is 32.8 Å². The van der Waals surface area contributed by atoms with E-state index in [2.05, 4.69) is 27.2 Å². The minimum absolute atomic E-state index is 0.0601. The number of halogens is 2. The van der Waals surface area contributed by atoms with Crippen molar-refractivity contribution in [3.8, 4) is 0 Å². The molecule has 2 rings (SSSR count). The highest BCUT2D eigenvalue weighted by Gasteiger charge is 2.18. The number of hydrogen-bond donors (Lipinski definition) is 1. The molecule has 0 aliphatic heterocycles. The van der Waals surface area contributed by atoms with Crippen molar-refractivity contribution < 1.29 is 17.6 Å². The molecule has 0 aliphatic rings. The summed E-state index contributed by atoms with van der Waals surface area (Å²) in [6.07, 6.45) is 1.55. The van der Waals surface area contributed by atoms with Gasteiger partial charge in [-0.25, -0.2) is 17.5 Å². The second-order valence-electron chi connectivity index (χ2n) is 5.44. The van der Waals surface area contributed by atoms with Crippen LogP contribution in [0.4, 0.5) is 4.39 Å². The first kappa shape index (κ1) is 20.3. The van der Waals surface area contributed by atoms with E-state index in [-0.39, 0.29) is 23.9 Å². The Morgan fingerprint density at radius 3 is 2.50 bits per heavy atom. The first-order valence-electron chi connectivity index (χ1n) is 7.66. The lowest BCUT2D eigenvalue weighted by molar-refractivity contribution is 0.0761. The van der Waals surface area contributed by atoms with E-state index in [9.17, 15) is 17.6 Å². The molecule has 0 radical (unpaired) electrons. The van der Waals surface area contributed by atoms with Crippen LogP contribution in [0.3, 0.4) is 0 Å². The zero-order chi connectivity index (χ0) is 19.3. The Kier molecular flexibility index (Phi) is 6.69. The van der Waals surface area contributed by atoms with Gasteiger partial charge in [0.2, 0.25) is 10.0 Å². The Morgan fingerprint density at radius 1 is 1.27 bits per heavy atom. The summed E-state index contributed by atoms with van der Waals surface area (Å²) >= 11 is 3.29. The van der Waals surface area contributed by atoms with Crippen LogP contribution < -0.4 is 4.72 Å². The van der Waals surface area contributed by atoms with Crippen molar-refractivity contribution in [2.45, 2.75) is 11.4 Å². The lowest BCUT2D eigenvalue weighted by Gasteiger charge is -2.22. The number of benzene rings is 2. The third-order valence-corrected chi connectivity index (χ3v) is 5.61. The van der Waals surface area contributed by atoms with Gasteiger partial charge in [-0.2, -0.15) is 0 Å². The molecule has 0 fully saturated rings. The monoisotopic (exact) mass is 440 g/mol. The summed E-state index contributed by atoms with van der Waals surface area (Å²) in [4.78, 5) is 14.2. The first-order chi connectivity index (χ1) is 12.3. The maximum absolute atomic E-state index is 14.0. The molecule has 1 amide bonds. The highest BCUT2D eigenvalue weighted by molar-refractivity contribution is 9.10. The Bertz CT molecular complexity index is 915. The molecular formula is C18H18BrFN2O3S. The molecule has 0 atom stereocenters. The van der Waals surface area contributed by atoms with Gasteiger partial charge in [0.25, 0.3) is 5.91 Å². The molecule has 2 aromatic rings. The maximum Gasteiger partial charge on any atom is 0.254 e. The van der Waals surface area contributed by atoms with Crippen LogP contribution in [0.2, 0.25) is 0 Å². The average Bonchev–Trinajstić information content (AvgIpc) is 2.63. The minimum Gasteiger partial charge on any atom is -0.330 e. The van der Waals surface area contributed by atoms with E-state index in [1.807, 2.05) is 0 Å². The number of carbonyl (C=O) groups is 1. The van der Waals surface area contributed by atoms with E-state index >= 15 is 0 Å². The largest absolute Gasteiger partial charge is 0.330 e. The molecule has 2 aromatic carbocycles.